The number of hydrogen-bond donors (Lipinski definition) is 5. The molecule has 6 heteroatoms. The quantitative estimate of drug-likeness (QED) is 0.0438. The summed E-state index contributed by atoms with van der Waals surface area (Å²) < 4.78 is 0. The summed E-state index contributed by atoms with van der Waals surface area (Å²) >= 11 is 0. The molecule has 0 aromatic carbocycles. The average molecular weight is 642 g/mol. The third-order valence-electron chi connectivity index (χ3n) is 9.57. The molecule has 0 aliphatic carbocycles. The summed E-state index contributed by atoms with van der Waals surface area (Å²) in [5, 5.41) is 43.5. The van der Waals surface area contributed by atoms with E-state index in [0.717, 1.165) is 38.5 Å². The fourth-order valence-electron chi connectivity index (χ4n) is 6.34. The maximum absolute atomic E-state index is 12.4. The van der Waals surface area contributed by atoms with Crippen molar-refractivity contribution < 1.29 is 25.2 Å². The smallest absolute Gasteiger partial charge is 0.249 e. The van der Waals surface area contributed by atoms with E-state index >= 15 is 0 Å². The van der Waals surface area contributed by atoms with Crippen molar-refractivity contribution in [3.05, 3.63) is 0 Å². The van der Waals surface area contributed by atoms with E-state index < -0.39 is 36.9 Å². The van der Waals surface area contributed by atoms with E-state index in [1.165, 1.54) is 148 Å². The Morgan fingerprint density at radius 3 is 1.07 bits per heavy atom. The van der Waals surface area contributed by atoms with Gasteiger partial charge in [-0.1, -0.05) is 200 Å². The summed E-state index contributed by atoms with van der Waals surface area (Å²) in [7, 11) is 0. The number of amides is 1. The number of aliphatic hydroxyl groups excluding tert-OH is 4. The van der Waals surface area contributed by atoms with Gasteiger partial charge in [-0.2, -0.15) is 0 Å². The molecule has 4 unspecified atom stereocenters. The van der Waals surface area contributed by atoms with Crippen LogP contribution in [0.4, 0.5) is 0 Å². The predicted molar refractivity (Wildman–Crippen MR) is 192 cm³/mol. The maximum atomic E-state index is 12.4. The second-order valence-corrected chi connectivity index (χ2v) is 14.0. The van der Waals surface area contributed by atoms with Crippen LogP contribution in [0.15, 0.2) is 0 Å². The molecule has 5 N–H and O–H groups in total. The Hall–Kier alpha value is -0.690. The fraction of sp³-hybridized carbons (Fsp3) is 0.974. The van der Waals surface area contributed by atoms with Gasteiger partial charge in [0.2, 0.25) is 5.91 Å². The molecule has 0 heterocycles. The number of rotatable bonds is 36. The van der Waals surface area contributed by atoms with E-state index in [1.54, 1.807) is 0 Å². The van der Waals surface area contributed by atoms with Crippen LogP contribution in [0.5, 0.6) is 0 Å². The lowest BCUT2D eigenvalue weighted by molar-refractivity contribution is -0.132. The number of hydrogen-bond acceptors (Lipinski definition) is 5. The van der Waals surface area contributed by atoms with Gasteiger partial charge in [0.25, 0.3) is 0 Å². The Labute approximate surface area is 279 Å². The lowest BCUT2D eigenvalue weighted by Crippen LogP contribution is -2.53. The SMILES string of the molecule is CCCCCCCCCCCCCCCCCCCC(O)C(O)C(CO)NC(=O)C(O)CCCCCCCCCCCCCC. The standard InChI is InChI=1S/C39H79NO5/c1-3-5-7-9-11-13-15-17-18-19-20-21-23-24-26-28-30-32-36(42)38(44)35(34-41)40-39(45)37(43)33-31-29-27-25-22-16-14-12-10-8-6-4-2/h35-38,41-44H,3-34H2,1-2H3,(H,40,45). The Kier molecular flexibility index (Phi) is 34.1. The number of unbranched alkanes of at least 4 members (excludes halogenated alkanes) is 27. The van der Waals surface area contributed by atoms with Gasteiger partial charge in [-0.15, -0.1) is 0 Å². The fourth-order valence-corrected chi connectivity index (χ4v) is 6.34. The van der Waals surface area contributed by atoms with Crippen molar-refractivity contribution in [3.63, 3.8) is 0 Å². The van der Waals surface area contributed by atoms with Gasteiger partial charge in [0.05, 0.1) is 18.8 Å². The molecule has 0 aliphatic heterocycles. The summed E-state index contributed by atoms with van der Waals surface area (Å²) in [6.45, 7) is 4.04. The third-order valence-corrected chi connectivity index (χ3v) is 9.57. The summed E-state index contributed by atoms with van der Waals surface area (Å²) in [5.41, 5.74) is 0. The molecule has 0 radical (unpaired) electrons. The van der Waals surface area contributed by atoms with Crippen molar-refractivity contribution in [3.8, 4) is 0 Å². The Morgan fingerprint density at radius 2 is 0.756 bits per heavy atom. The molecule has 45 heavy (non-hydrogen) atoms. The summed E-state index contributed by atoms with van der Waals surface area (Å²) in [6.07, 6.45) is 34.1. The number of carbonyl (C=O) groups is 1. The van der Waals surface area contributed by atoms with Gasteiger partial charge >= 0.3 is 0 Å². The molecule has 6 nitrogen and oxygen atoms in total. The number of aliphatic hydroxyl groups is 4. The molecular weight excluding hydrogens is 562 g/mol. The van der Waals surface area contributed by atoms with Gasteiger partial charge in [-0.05, 0) is 12.8 Å². The van der Waals surface area contributed by atoms with Gasteiger partial charge in [-0.3, -0.25) is 4.79 Å². The normalized spacial score (nSPS) is 14.4. The zero-order valence-electron chi connectivity index (χ0n) is 30.1. The van der Waals surface area contributed by atoms with E-state index in [1.807, 2.05) is 0 Å². The van der Waals surface area contributed by atoms with Gasteiger partial charge in [0.1, 0.15) is 12.2 Å². The third kappa shape index (κ3) is 29.2. The minimum atomic E-state index is -1.25. The van der Waals surface area contributed by atoms with Crippen molar-refractivity contribution in [2.45, 2.75) is 237 Å². The molecule has 0 aromatic rings. The highest BCUT2D eigenvalue weighted by molar-refractivity contribution is 5.80. The summed E-state index contributed by atoms with van der Waals surface area (Å²) in [5.74, 6) is -0.582. The molecule has 0 aliphatic rings. The van der Waals surface area contributed by atoms with E-state index in [-0.39, 0.29) is 0 Å². The van der Waals surface area contributed by atoms with E-state index in [2.05, 4.69) is 19.2 Å². The van der Waals surface area contributed by atoms with Crippen LogP contribution in [0.25, 0.3) is 0 Å². The molecule has 0 aromatic heterocycles. The Bertz CT molecular complexity index is 604. The molecule has 0 saturated heterocycles. The Morgan fingerprint density at radius 1 is 0.467 bits per heavy atom. The summed E-state index contributed by atoms with van der Waals surface area (Å²) in [6, 6.07) is -0.977. The van der Waals surface area contributed by atoms with Crippen molar-refractivity contribution in [2.75, 3.05) is 6.61 Å². The second kappa shape index (κ2) is 34.6. The van der Waals surface area contributed by atoms with E-state index in [0.29, 0.717) is 12.8 Å². The van der Waals surface area contributed by atoms with Gasteiger partial charge < -0.3 is 25.7 Å². The lowest BCUT2D eigenvalue weighted by atomic mass is 9.99. The minimum Gasteiger partial charge on any atom is -0.394 e. The van der Waals surface area contributed by atoms with Crippen molar-refractivity contribution in [1.29, 1.82) is 0 Å². The number of carbonyl (C=O) groups excluding carboxylic acids is 1. The van der Waals surface area contributed by atoms with Crippen LogP contribution >= 0.6 is 0 Å². The largest absolute Gasteiger partial charge is 0.394 e. The van der Waals surface area contributed by atoms with Crippen LogP contribution in [-0.2, 0) is 4.79 Å². The first kappa shape index (κ1) is 44.3. The molecule has 0 spiro atoms. The maximum Gasteiger partial charge on any atom is 0.249 e. The van der Waals surface area contributed by atoms with Crippen molar-refractivity contribution in [1.82, 2.24) is 5.32 Å². The first-order chi connectivity index (χ1) is 22.0. The highest BCUT2D eigenvalue weighted by Gasteiger charge is 2.28. The minimum absolute atomic E-state index is 0.374. The molecule has 0 rings (SSSR count). The molecule has 0 bridgehead atoms. The zero-order valence-corrected chi connectivity index (χ0v) is 30.1. The van der Waals surface area contributed by atoms with Crippen LogP contribution in [0, 0.1) is 0 Å². The van der Waals surface area contributed by atoms with Crippen LogP contribution in [0.3, 0.4) is 0 Å². The molecule has 0 saturated carbocycles. The molecule has 0 fully saturated rings. The van der Waals surface area contributed by atoms with Gasteiger partial charge in [0.15, 0.2) is 0 Å². The monoisotopic (exact) mass is 642 g/mol. The molecule has 4 atom stereocenters. The first-order valence-corrected chi connectivity index (χ1v) is 19.9. The van der Waals surface area contributed by atoms with Crippen molar-refractivity contribution in [2.24, 2.45) is 0 Å². The van der Waals surface area contributed by atoms with E-state index in [4.69, 9.17) is 0 Å². The molecule has 1 amide bonds. The van der Waals surface area contributed by atoms with Gasteiger partial charge in [0, 0.05) is 0 Å². The second-order valence-electron chi connectivity index (χ2n) is 14.0. The van der Waals surface area contributed by atoms with Crippen molar-refractivity contribution >= 4 is 5.91 Å². The van der Waals surface area contributed by atoms with E-state index in [9.17, 15) is 25.2 Å². The van der Waals surface area contributed by atoms with Crippen LogP contribution < -0.4 is 5.32 Å². The first-order valence-electron chi connectivity index (χ1n) is 19.9. The van der Waals surface area contributed by atoms with Crippen LogP contribution in [0.1, 0.15) is 213 Å². The molecule has 270 valence electrons. The predicted octanol–water partition coefficient (Wildman–Crippen LogP) is 9.68. The van der Waals surface area contributed by atoms with Crippen LogP contribution in [0.2, 0.25) is 0 Å². The summed E-state index contributed by atoms with van der Waals surface area (Å²) in [4.78, 5) is 12.4. The Balaban J connectivity index is 3.74. The van der Waals surface area contributed by atoms with Gasteiger partial charge in [-0.25, -0.2) is 0 Å². The highest BCUT2D eigenvalue weighted by Crippen LogP contribution is 2.17. The molecular formula is C39H79NO5. The lowest BCUT2D eigenvalue weighted by Gasteiger charge is -2.27. The van der Waals surface area contributed by atoms with Crippen LogP contribution in [-0.4, -0.2) is 57.3 Å². The zero-order chi connectivity index (χ0) is 33.2. The average Bonchev–Trinajstić information content (AvgIpc) is 3.04. The number of nitrogens with one attached hydrogen (secondary N) is 1. The topological polar surface area (TPSA) is 110 Å². The highest BCUT2D eigenvalue weighted by atomic mass is 16.3.